The van der Waals surface area contributed by atoms with Crippen molar-refractivity contribution in [1.82, 2.24) is 9.97 Å². The molecule has 104 valence electrons. The fraction of sp³-hybridized carbons (Fsp3) is 0.583. The lowest BCUT2D eigenvalue weighted by Gasteiger charge is -2.27. The number of carboxylic acids is 1. The van der Waals surface area contributed by atoms with Gasteiger partial charge in [-0.05, 0) is 6.92 Å². The highest BCUT2D eigenvalue weighted by Gasteiger charge is 2.37. The third-order valence-electron chi connectivity index (χ3n) is 3.24. The number of hydrogen-bond acceptors (Lipinski definition) is 6. The summed E-state index contributed by atoms with van der Waals surface area (Å²) in [5, 5.41) is 9.17. The van der Waals surface area contributed by atoms with Gasteiger partial charge >= 0.3 is 5.97 Å². The molecule has 7 heteroatoms. The zero-order chi connectivity index (χ0) is 14.0. The van der Waals surface area contributed by atoms with E-state index in [1.54, 1.807) is 20.0 Å². The smallest absolute Gasteiger partial charge is 0.311 e. The summed E-state index contributed by atoms with van der Waals surface area (Å²) < 4.78 is 10.4. The van der Waals surface area contributed by atoms with Gasteiger partial charge in [-0.1, -0.05) is 0 Å². The number of hydrogen-bond donors (Lipinski definition) is 1. The number of rotatable bonds is 4. The summed E-state index contributed by atoms with van der Waals surface area (Å²) >= 11 is 0. The molecule has 0 radical (unpaired) electrons. The van der Waals surface area contributed by atoms with Gasteiger partial charge in [-0.2, -0.15) is 4.98 Å². The third kappa shape index (κ3) is 2.76. The van der Waals surface area contributed by atoms with Crippen molar-refractivity contribution in [2.45, 2.75) is 13.0 Å². The highest BCUT2D eigenvalue weighted by atomic mass is 16.5. The second-order valence-corrected chi connectivity index (χ2v) is 4.48. The predicted octanol–water partition coefficient (Wildman–Crippen LogP) is 0.329. The summed E-state index contributed by atoms with van der Waals surface area (Å²) in [6.07, 6.45) is 0. The largest absolute Gasteiger partial charge is 0.481 e. The minimum atomic E-state index is -0.855. The number of aromatic nitrogens is 2. The number of aryl methyl sites for hydroxylation is 1. The number of likely N-dealkylation sites (N-methyl/N-ethyl adjacent to an activating group) is 1. The molecule has 1 N–H and O–H groups in total. The summed E-state index contributed by atoms with van der Waals surface area (Å²) in [5.41, 5.74) is 0. The Hall–Kier alpha value is -1.89. The van der Waals surface area contributed by atoms with Crippen molar-refractivity contribution in [2.24, 2.45) is 5.92 Å². The molecule has 0 saturated carbocycles. The van der Waals surface area contributed by atoms with E-state index in [9.17, 15) is 9.90 Å². The maximum atomic E-state index is 11.2. The lowest BCUT2D eigenvalue weighted by atomic mass is 10.0. The first-order valence-corrected chi connectivity index (χ1v) is 5.96. The molecule has 1 saturated heterocycles. The van der Waals surface area contributed by atoms with E-state index in [-0.39, 0.29) is 12.6 Å². The van der Waals surface area contributed by atoms with E-state index < -0.39 is 11.9 Å². The van der Waals surface area contributed by atoms with Crippen LogP contribution in [-0.4, -0.2) is 54.5 Å². The molecule has 0 amide bonds. The molecule has 1 aliphatic rings. The van der Waals surface area contributed by atoms with E-state index in [0.717, 1.165) is 0 Å². The van der Waals surface area contributed by atoms with Gasteiger partial charge in [0.2, 0.25) is 5.88 Å². The minimum absolute atomic E-state index is 0.228. The van der Waals surface area contributed by atoms with Gasteiger partial charge in [0.15, 0.2) is 0 Å². The van der Waals surface area contributed by atoms with Crippen molar-refractivity contribution in [2.75, 3.05) is 32.3 Å². The predicted molar refractivity (Wildman–Crippen MR) is 67.5 cm³/mol. The second-order valence-electron chi connectivity index (χ2n) is 4.48. The number of aliphatic carboxylic acids is 1. The van der Waals surface area contributed by atoms with Gasteiger partial charge in [-0.3, -0.25) is 4.79 Å². The lowest BCUT2D eigenvalue weighted by molar-refractivity contribution is -0.141. The fourth-order valence-electron chi connectivity index (χ4n) is 2.14. The van der Waals surface area contributed by atoms with Gasteiger partial charge in [-0.15, -0.1) is 0 Å². The fourth-order valence-corrected chi connectivity index (χ4v) is 2.14. The molecular formula is C12H17N3O4. The Labute approximate surface area is 111 Å². The van der Waals surface area contributed by atoms with Crippen LogP contribution in [0.15, 0.2) is 6.07 Å². The van der Waals surface area contributed by atoms with Crippen molar-refractivity contribution < 1.29 is 19.4 Å². The SMILES string of the molecule is COc1cc(N(C)C2COCC2C(=O)O)nc(C)n1. The molecular weight excluding hydrogens is 250 g/mol. The standard InChI is InChI=1S/C12H17N3O4/c1-7-13-10(4-11(14-7)18-3)15(2)9-6-19-5-8(9)12(16)17/h4,8-9H,5-6H2,1-3H3,(H,16,17). The van der Waals surface area contributed by atoms with E-state index in [4.69, 9.17) is 9.47 Å². The maximum absolute atomic E-state index is 11.2. The Kier molecular flexibility index (Phi) is 3.84. The molecule has 0 aliphatic carbocycles. The van der Waals surface area contributed by atoms with E-state index in [1.807, 2.05) is 4.90 Å². The van der Waals surface area contributed by atoms with Crippen LogP contribution in [0.5, 0.6) is 5.88 Å². The van der Waals surface area contributed by atoms with Gasteiger partial charge in [-0.25, -0.2) is 4.98 Å². The molecule has 2 atom stereocenters. The molecule has 0 aromatic carbocycles. The molecule has 0 spiro atoms. The molecule has 0 bridgehead atoms. The summed E-state index contributed by atoms with van der Waals surface area (Å²) in [6, 6.07) is 1.45. The average Bonchev–Trinajstić information content (AvgIpc) is 2.86. The Morgan fingerprint density at radius 2 is 2.26 bits per heavy atom. The maximum Gasteiger partial charge on any atom is 0.311 e. The van der Waals surface area contributed by atoms with Crippen LogP contribution < -0.4 is 9.64 Å². The Balaban J connectivity index is 2.25. The van der Waals surface area contributed by atoms with Crippen LogP contribution >= 0.6 is 0 Å². The van der Waals surface area contributed by atoms with Crippen LogP contribution in [0.2, 0.25) is 0 Å². The van der Waals surface area contributed by atoms with E-state index in [0.29, 0.717) is 24.1 Å². The van der Waals surface area contributed by atoms with Crippen LogP contribution in [0.1, 0.15) is 5.82 Å². The van der Waals surface area contributed by atoms with Crippen molar-refractivity contribution in [3.8, 4) is 5.88 Å². The molecule has 1 aliphatic heterocycles. The van der Waals surface area contributed by atoms with Crippen LogP contribution in [0, 0.1) is 12.8 Å². The Morgan fingerprint density at radius 1 is 1.53 bits per heavy atom. The molecule has 2 unspecified atom stereocenters. The van der Waals surface area contributed by atoms with Crippen molar-refractivity contribution in [3.05, 3.63) is 11.9 Å². The summed E-state index contributed by atoms with van der Waals surface area (Å²) in [6.45, 7) is 2.37. The first-order chi connectivity index (χ1) is 9.02. The molecule has 2 heterocycles. The van der Waals surface area contributed by atoms with Gasteiger partial charge in [0.05, 0.1) is 26.4 Å². The Bertz CT molecular complexity index is 480. The molecule has 7 nitrogen and oxygen atoms in total. The molecule has 19 heavy (non-hydrogen) atoms. The summed E-state index contributed by atoms with van der Waals surface area (Å²) in [4.78, 5) is 21.4. The van der Waals surface area contributed by atoms with Crippen LogP contribution in [0.3, 0.4) is 0 Å². The van der Waals surface area contributed by atoms with E-state index in [2.05, 4.69) is 9.97 Å². The normalized spacial score (nSPS) is 22.3. The van der Waals surface area contributed by atoms with E-state index in [1.165, 1.54) is 7.11 Å². The zero-order valence-electron chi connectivity index (χ0n) is 11.2. The number of methoxy groups -OCH3 is 1. The molecule has 1 fully saturated rings. The van der Waals surface area contributed by atoms with Crippen molar-refractivity contribution >= 4 is 11.8 Å². The number of carbonyl (C=O) groups is 1. The van der Waals surface area contributed by atoms with Crippen LogP contribution in [-0.2, 0) is 9.53 Å². The molecule has 1 aromatic rings. The van der Waals surface area contributed by atoms with Crippen molar-refractivity contribution in [3.63, 3.8) is 0 Å². The minimum Gasteiger partial charge on any atom is -0.481 e. The van der Waals surface area contributed by atoms with Gasteiger partial charge < -0.3 is 19.5 Å². The lowest BCUT2D eigenvalue weighted by Crippen LogP contribution is -2.41. The summed E-state index contributed by atoms with van der Waals surface area (Å²) in [5.74, 6) is 0.261. The Morgan fingerprint density at radius 3 is 2.89 bits per heavy atom. The van der Waals surface area contributed by atoms with Gasteiger partial charge in [0.1, 0.15) is 17.6 Å². The monoisotopic (exact) mass is 267 g/mol. The van der Waals surface area contributed by atoms with Gasteiger partial charge in [0.25, 0.3) is 0 Å². The van der Waals surface area contributed by atoms with E-state index >= 15 is 0 Å². The number of ether oxygens (including phenoxy) is 2. The number of carboxylic acid groups (broad SMARTS) is 1. The third-order valence-corrected chi connectivity index (χ3v) is 3.24. The second kappa shape index (κ2) is 5.40. The van der Waals surface area contributed by atoms with Crippen molar-refractivity contribution in [1.29, 1.82) is 0 Å². The summed E-state index contributed by atoms with van der Waals surface area (Å²) in [7, 11) is 3.33. The molecule has 1 aromatic heterocycles. The first kappa shape index (κ1) is 13.5. The highest BCUT2D eigenvalue weighted by Crippen LogP contribution is 2.25. The number of anilines is 1. The quantitative estimate of drug-likeness (QED) is 0.841. The zero-order valence-corrected chi connectivity index (χ0v) is 11.2. The van der Waals surface area contributed by atoms with Gasteiger partial charge in [0, 0.05) is 13.1 Å². The van der Waals surface area contributed by atoms with Crippen LogP contribution in [0.4, 0.5) is 5.82 Å². The first-order valence-electron chi connectivity index (χ1n) is 5.96. The highest BCUT2D eigenvalue weighted by molar-refractivity contribution is 5.72. The topological polar surface area (TPSA) is 84.8 Å². The number of nitrogens with zero attached hydrogens (tertiary/aromatic N) is 3. The average molecular weight is 267 g/mol. The molecule has 2 rings (SSSR count). The van der Waals surface area contributed by atoms with Crippen LogP contribution in [0.25, 0.3) is 0 Å².